The van der Waals surface area contributed by atoms with Gasteiger partial charge in [-0.15, -0.1) is 5.56 Å². The Morgan fingerprint density at radius 1 is 1.18 bits per heavy atom. The Kier molecular flexibility index (Phi) is 9.36. The van der Waals surface area contributed by atoms with Crippen molar-refractivity contribution in [1.82, 2.24) is 4.72 Å². The summed E-state index contributed by atoms with van der Waals surface area (Å²) in [5.41, 5.74) is 7.85. The van der Waals surface area contributed by atoms with Crippen LogP contribution in [0.5, 0.6) is 0 Å². The van der Waals surface area contributed by atoms with E-state index in [0.29, 0.717) is 5.56 Å². The van der Waals surface area contributed by atoms with Crippen LogP contribution in [-0.4, -0.2) is 21.4 Å². The third-order valence-electron chi connectivity index (χ3n) is 2.63. The molecule has 2 N–H and O–H groups in total. The molecule has 0 atom stereocenters. The summed E-state index contributed by atoms with van der Waals surface area (Å²) in [6.07, 6.45) is 0. The molecule has 0 aliphatic carbocycles. The maximum absolute atomic E-state index is 11.3. The smallest absolute Gasteiger partial charge is 0.193 e. The summed E-state index contributed by atoms with van der Waals surface area (Å²) in [6, 6.07) is 16.1. The topological polar surface area (TPSA) is 87.0 Å². The first kappa shape index (κ1) is 20.9. The van der Waals surface area contributed by atoms with Crippen LogP contribution in [0.4, 0.5) is 0 Å². The molecule has 0 aliphatic rings. The van der Waals surface area contributed by atoms with Crippen LogP contribution < -0.4 is 4.72 Å². The first-order valence-electron chi connectivity index (χ1n) is 6.09. The zero-order chi connectivity index (χ0) is 15.9. The van der Waals surface area contributed by atoms with Crippen molar-refractivity contribution < 1.29 is 45.9 Å². The molecule has 0 heterocycles. The fraction of sp³-hybridized carbons (Fsp3) is 0.133. The minimum absolute atomic E-state index is 0. The van der Waals surface area contributed by atoms with E-state index in [1.54, 1.807) is 43.3 Å². The van der Waals surface area contributed by atoms with Crippen LogP contribution in [0, 0.1) is 13.0 Å². The van der Waals surface area contributed by atoms with E-state index in [1.165, 1.54) is 13.1 Å². The summed E-state index contributed by atoms with van der Waals surface area (Å²) in [4.78, 5) is 10.6. The summed E-state index contributed by atoms with van der Waals surface area (Å²) < 4.78 is 24.8. The molecule has 0 fully saturated rings. The Bertz CT molecular complexity index is 704. The van der Waals surface area contributed by atoms with Crippen LogP contribution >= 0.6 is 0 Å². The van der Waals surface area contributed by atoms with Crippen molar-refractivity contribution in [2.45, 2.75) is 11.8 Å². The number of carbonyl (C=O) groups excluding carboxylic acids is 1. The van der Waals surface area contributed by atoms with E-state index in [1.807, 2.05) is 6.07 Å². The summed E-state index contributed by atoms with van der Waals surface area (Å²) in [5, 5.41) is 0. The third kappa shape index (κ3) is 6.36. The fourth-order valence-corrected chi connectivity index (χ4v) is 2.42. The quantitative estimate of drug-likeness (QED) is 0.814. The molecule has 0 saturated carbocycles. The van der Waals surface area contributed by atoms with Gasteiger partial charge in [-0.1, -0.05) is 37.3 Å². The van der Waals surface area contributed by atoms with Crippen LogP contribution in [0.1, 0.15) is 15.9 Å². The first-order chi connectivity index (χ1) is 9.88. The molecule has 0 spiro atoms. The molecule has 2 aromatic carbocycles. The van der Waals surface area contributed by atoms with Crippen molar-refractivity contribution in [1.29, 1.82) is 0 Å². The van der Waals surface area contributed by atoms with Gasteiger partial charge < -0.3 is 10.5 Å². The molecule has 22 heavy (non-hydrogen) atoms. The van der Waals surface area contributed by atoms with Gasteiger partial charge in [0.2, 0.25) is 0 Å². The van der Waals surface area contributed by atoms with Crippen LogP contribution in [-0.2, 0) is 42.7 Å². The van der Waals surface area contributed by atoms with Gasteiger partial charge in [-0.25, -0.2) is 13.1 Å². The van der Waals surface area contributed by atoms with E-state index in [4.69, 9.17) is 5.73 Å². The number of nitrogens with one attached hydrogen (secondary N) is 2. The molecule has 0 aromatic heterocycles. The predicted molar refractivity (Wildman–Crippen MR) is 81.4 cm³/mol. The first-order valence-corrected chi connectivity index (χ1v) is 7.58. The van der Waals surface area contributed by atoms with E-state index < -0.39 is 15.9 Å². The van der Waals surface area contributed by atoms with Crippen LogP contribution in [0.3, 0.4) is 0 Å². The van der Waals surface area contributed by atoms with Crippen LogP contribution in [0.2, 0.25) is 0 Å². The molecular weight excluding hydrogens is 377 g/mol. The zero-order valence-electron chi connectivity index (χ0n) is 12.3. The molecule has 115 valence electrons. The number of hydrogen-bond acceptors (Lipinski definition) is 3. The molecule has 1 amide bonds. The molecule has 0 bridgehead atoms. The Hall–Kier alpha value is -1.08. The molecule has 0 unspecified atom stereocenters. The SMILES string of the molecule is CNS(=O)(=O)c1c[c-]ccc1C.[NH-]C(=O)c1ccccc1.[Y]. The average molecular weight is 393 g/mol. The third-order valence-corrected chi connectivity index (χ3v) is 4.18. The monoisotopic (exact) mass is 393 g/mol. The van der Waals surface area contributed by atoms with Gasteiger partial charge in [0, 0.05) is 32.7 Å². The predicted octanol–water partition coefficient (Wildman–Crippen LogP) is 2.58. The standard InChI is InChI=1S/C8H10NO2S.C7H7NO.Y/c1-7-5-3-4-6-8(7)12(10,11)9-2;8-7(9)6-4-2-1-3-5-6;/h3,5-6,9H,1-2H3;1-5H,(H2,8,9);/q-1;;/p-1. The van der Waals surface area contributed by atoms with Crippen molar-refractivity contribution in [2.75, 3.05) is 7.05 Å². The van der Waals surface area contributed by atoms with Crippen molar-refractivity contribution in [3.8, 4) is 0 Å². The number of carbonyl (C=O) groups is 1. The maximum atomic E-state index is 11.3. The Balaban J connectivity index is 0.000000397. The number of amides is 1. The van der Waals surface area contributed by atoms with E-state index in [-0.39, 0.29) is 37.6 Å². The van der Waals surface area contributed by atoms with E-state index in [2.05, 4.69) is 10.8 Å². The Labute approximate surface area is 156 Å². The minimum Gasteiger partial charge on any atom is -0.664 e. The number of benzene rings is 2. The van der Waals surface area contributed by atoms with E-state index in [9.17, 15) is 13.2 Å². The number of hydrogen-bond donors (Lipinski definition) is 1. The fourth-order valence-electron chi connectivity index (χ4n) is 1.48. The molecule has 1 radical (unpaired) electrons. The maximum Gasteiger partial charge on any atom is 0.193 e. The normalized spacial score (nSPS) is 9.91. The molecule has 0 saturated heterocycles. The van der Waals surface area contributed by atoms with Gasteiger partial charge in [-0.05, 0) is 17.5 Å². The number of rotatable bonds is 3. The number of aryl methyl sites for hydroxylation is 1. The second-order valence-electron chi connectivity index (χ2n) is 4.09. The van der Waals surface area contributed by atoms with Gasteiger partial charge in [0.1, 0.15) is 0 Å². The summed E-state index contributed by atoms with van der Waals surface area (Å²) >= 11 is 0. The molecule has 0 aliphatic heterocycles. The van der Waals surface area contributed by atoms with E-state index in [0.717, 1.165) is 5.56 Å². The van der Waals surface area contributed by atoms with Crippen LogP contribution in [0.25, 0.3) is 5.73 Å². The average Bonchev–Trinajstić information content (AvgIpc) is 2.49. The Morgan fingerprint density at radius 2 is 1.77 bits per heavy atom. The zero-order valence-corrected chi connectivity index (χ0v) is 16.0. The minimum atomic E-state index is -3.31. The summed E-state index contributed by atoms with van der Waals surface area (Å²) in [6.45, 7) is 1.75. The molecule has 7 heteroatoms. The number of sulfonamides is 1. The second kappa shape index (κ2) is 9.84. The van der Waals surface area contributed by atoms with Crippen LogP contribution in [0.15, 0.2) is 53.4 Å². The largest absolute Gasteiger partial charge is 0.664 e. The van der Waals surface area contributed by atoms with Gasteiger partial charge in [0.05, 0.1) is 5.91 Å². The van der Waals surface area contributed by atoms with Gasteiger partial charge in [0.25, 0.3) is 0 Å². The Morgan fingerprint density at radius 3 is 2.18 bits per heavy atom. The van der Waals surface area contributed by atoms with Crippen molar-refractivity contribution in [3.63, 3.8) is 0 Å². The van der Waals surface area contributed by atoms with E-state index >= 15 is 0 Å². The van der Waals surface area contributed by atoms with Crippen molar-refractivity contribution in [3.05, 3.63) is 71.5 Å². The van der Waals surface area contributed by atoms with Gasteiger partial charge in [-0.2, -0.15) is 24.3 Å². The summed E-state index contributed by atoms with van der Waals surface area (Å²) in [5.74, 6) is -0.629. The van der Waals surface area contributed by atoms with Gasteiger partial charge in [-0.3, -0.25) is 0 Å². The second-order valence-corrected chi connectivity index (χ2v) is 5.95. The van der Waals surface area contributed by atoms with Gasteiger partial charge >= 0.3 is 0 Å². The van der Waals surface area contributed by atoms with Gasteiger partial charge in [0.15, 0.2) is 10.0 Å². The molecular formula is C15H16N2O3SY-2. The van der Waals surface area contributed by atoms with Crippen molar-refractivity contribution in [2.24, 2.45) is 0 Å². The summed E-state index contributed by atoms with van der Waals surface area (Å²) in [7, 11) is -1.92. The molecule has 5 nitrogen and oxygen atoms in total. The molecule has 2 rings (SSSR count). The molecule has 2 aromatic rings. The van der Waals surface area contributed by atoms with Crippen molar-refractivity contribution >= 4 is 15.9 Å².